The third-order valence-corrected chi connectivity index (χ3v) is 3.68. The zero-order chi connectivity index (χ0) is 12.0. The van der Waals surface area contributed by atoms with Gasteiger partial charge < -0.3 is 9.84 Å². The molecule has 1 fully saturated rings. The maximum absolute atomic E-state index is 10.4. The van der Waals surface area contributed by atoms with E-state index in [2.05, 4.69) is 13.8 Å². The zero-order valence-corrected chi connectivity index (χ0v) is 11.2. The first-order chi connectivity index (χ1) is 7.60. The lowest BCUT2D eigenvalue weighted by molar-refractivity contribution is -0.134. The second kappa shape index (κ2) is 6.61. The fourth-order valence-electron chi connectivity index (χ4n) is 2.85. The number of aliphatic hydroxyl groups excluding tert-OH is 1. The van der Waals surface area contributed by atoms with Gasteiger partial charge in [0.25, 0.3) is 0 Å². The molecule has 1 aliphatic carbocycles. The van der Waals surface area contributed by atoms with Crippen molar-refractivity contribution in [3.63, 3.8) is 0 Å². The zero-order valence-electron chi connectivity index (χ0n) is 11.2. The van der Waals surface area contributed by atoms with Gasteiger partial charge in [-0.25, -0.2) is 0 Å². The Balaban J connectivity index is 2.67. The van der Waals surface area contributed by atoms with Crippen LogP contribution in [0.15, 0.2) is 0 Å². The largest absolute Gasteiger partial charge is 0.390 e. The van der Waals surface area contributed by atoms with Crippen LogP contribution in [0.2, 0.25) is 0 Å². The number of aliphatic hydroxyl groups is 1. The second-order valence-corrected chi connectivity index (χ2v) is 5.56. The fourth-order valence-corrected chi connectivity index (χ4v) is 2.85. The lowest BCUT2D eigenvalue weighted by Crippen LogP contribution is -2.45. The van der Waals surface area contributed by atoms with E-state index in [4.69, 9.17) is 4.74 Å². The molecule has 0 spiro atoms. The first kappa shape index (κ1) is 14.0. The minimum absolute atomic E-state index is 0.241. The molecule has 0 aromatic heterocycles. The summed E-state index contributed by atoms with van der Waals surface area (Å²) in [5.74, 6) is 0.538. The van der Waals surface area contributed by atoms with Gasteiger partial charge in [-0.2, -0.15) is 0 Å². The molecule has 0 bridgehead atoms. The van der Waals surface area contributed by atoms with Crippen molar-refractivity contribution >= 4 is 0 Å². The SMILES string of the molecule is CCOC1(C(O)CC(C)C)CCCCCC1. The first-order valence-corrected chi connectivity index (χ1v) is 6.93. The highest BCUT2D eigenvalue weighted by Crippen LogP contribution is 2.35. The molecule has 16 heavy (non-hydrogen) atoms. The summed E-state index contributed by atoms with van der Waals surface area (Å²) in [7, 11) is 0. The van der Waals surface area contributed by atoms with Crippen LogP contribution in [0, 0.1) is 5.92 Å². The van der Waals surface area contributed by atoms with Crippen molar-refractivity contribution in [3.8, 4) is 0 Å². The van der Waals surface area contributed by atoms with Crippen LogP contribution in [0.1, 0.15) is 65.7 Å². The van der Waals surface area contributed by atoms with Crippen LogP contribution in [0.5, 0.6) is 0 Å². The Morgan fingerprint density at radius 2 is 1.69 bits per heavy atom. The van der Waals surface area contributed by atoms with Gasteiger partial charge in [-0.1, -0.05) is 39.5 Å². The minimum Gasteiger partial charge on any atom is -0.390 e. The predicted octanol–water partition coefficient (Wildman–Crippen LogP) is 3.52. The van der Waals surface area contributed by atoms with Gasteiger partial charge in [0.2, 0.25) is 0 Å². The molecule has 0 heterocycles. The summed E-state index contributed by atoms with van der Waals surface area (Å²) in [6, 6.07) is 0. The number of rotatable bonds is 5. The molecule has 0 aromatic carbocycles. The van der Waals surface area contributed by atoms with E-state index < -0.39 is 0 Å². The molecular formula is C14H28O2. The lowest BCUT2D eigenvalue weighted by atomic mass is 9.84. The molecule has 0 radical (unpaired) electrons. The molecule has 0 aliphatic heterocycles. The van der Waals surface area contributed by atoms with Crippen LogP contribution >= 0.6 is 0 Å². The Morgan fingerprint density at radius 1 is 1.12 bits per heavy atom. The molecule has 2 heteroatoms. The lowest BCUT2D eigenvalue weighted by Gasteiger charge is -2.38. The number of ether oxygens (including phenoxy) is 1. The average Bonchev–Trinajstić information content (AvgIpc) is 2.44. The van der Waals surface area contributed by atoms with E-state index in [1.807, 2.05) is 6.92 Å². The van der Waals surface area contributed by atoms with E-state index in [1.165, 1.54) is 25.7 Å². The van der Waals surface area contributed by atoms with Gasteiger partial charge in [0.15, 0.2) is 0 Å². The van der Waals surface area contributed by atoms with Gasteiger partial charge in [0.1, 0.15) is 0 Å². The maximum atomic E-state index is 10.4. The molecule has 0 aromatic rings. The van der Waals surface area contributed by atoms with E-state index in [-0.39, 0.29) is 11.7 Å². The molecular weight excluding hydrogens is 200 g/mol. The first-order valence-electron chi connectivity index (χ1n) is 6.93. The number of hydrogen-bond acceptors (Lipinski definition) is 2. The van der Waals surface area contributed by atoms with Crippen molar-refractivity contribution in [2.75, 3.05) is 6.61 Å². The Hall–Kier alpha value is -0.0800. The highest BCUT2D eigenvalue weighted by atomic mass is 16.5. The monoisotopic (exact) mass is 228 g/mol. The Labute approximate surface area is 100 Å². The minimum atomic E-state index is -0.287. The van der Waals surface area contributed by atoms with Crippen molar-refractivity contribution in [1.82, 2.24) is 0 Å². The van der Waals surface area contributed by atoms with Crippen molar-refractivity contribution in [2.24, 2.45) is 5.92 Å². The summed E-state index contributed by atoms with van der Waals surface area (Å²) in [6.45, 7) is 7.09. The third kappa shape index (κ3) is 3.74. The van der Waals surface area contributed by atoms with Crippen molar-refractivity contribution in [1.29, 1.82) is 0 Å². The highest BCUT2D eigenvalue weighted by molar-refractivity contribution is 4.90. The van der Waals surface area contributed by atoms with E-state index in [9.17, 15) is 5.11 Å². The van der Waals surface area contributed by atoms with Gasteiger partial charge >= 0.3 is 0 Å². The molecule has 1 atom stereocenters. The third-order valence-electron chi connectivity index (χ3n) is 3.68. The van der Waals surface area contributed by atoms with Gasteiger partial charge in [-0.15, -0.1) is 0 Å². The van der Waals surface area contributed by atoms with Crippen molar-refractivity contribution in [3.05, 3.63) is 0 Å². The molecule has 2 nitrogen and oxygen atoms in total. The standard InChI is InChI=1S/C14H28O2/c1-4-16-14(13(15)11-12(2)3)9-7-5-6-8-10-14/h12-13,15H,4-11H2,1-3H3. The Bertz CT molecular complexity index is 181. The Morgan fingerprint density at radius 3 is 2.12 bits per heavy atom. The fraction of sp³-hybridized carbons (Fsp3) is 1.00. The highest BCUT2D eigenvalue weighted by Gasteiger charge is 2.38. The van der Waals surface area contributed by atoms with E-state index >= 15 is 0 Å². The molecule has 1 N–H and O–H groups in total. The quantitative estimate of drug-likeness (QED) is 0.729. The maximum Gasteiger partial charge on any atom is 0.0940 e. The summed E-state index contributed by atoms with van der Waals surface area (Å²) in [4.78, 5) is 0. The van der Waals surface area contributed by atoms with Crippen molar-refractivity contribution in [2.45, 2.75) is 77.4 Å². The molecule has 0 saturated heterocycles. The summed E-state index contributed by atoms with van der Waals surface area (Å²) < 4.78 is 5.96. The summed E-state index contributed by atoms with van der Waals surface area (Å²) in [5, 5.41) is 10.4. The average molecular weight is 228 g/mol. The molecule has 0 amide bonds. The van der Waals surface area contributed by atoms with Crippen LogP contribution in [-0.2, 0) is 4.74 Å². The van der Waals surface area contributed by atoms with E-state index in [0.717, 1.165) is 25.9 Å². The van der Waals surface area contributed by atoms with E-state index in [0.29, 0.717) is 5.92 Å². The summed E-state index contributed by atoms with van der Waals surface area (Å²) >= 11 is 0. The van der Waals surface area contributed by atoms with Gasteiger partial charge in [0.05, 0.1) is 11.7 Å². The predicted molar refractivity (Wildman–Crippen MR) is 67.5 cm³/mol. The summed E-state index contributed by atoms with van der Waals surface area (Å²) in [6.07, 6.45) is 7.64. The van der Waals surface area contributed by atoms with Gasteiger partial charge in [0, 0.05) is 6.61 Å². The molecule has 1 rings (SSSR count). The van der Waals surface area contributed by atoms with Gasteiger partial charge in [-0.3, -0.25) is 0 Å². The van der Waals surface area contributed by atoms with Gasteiger partial charge in [-0.05, 0) is 32.1 Å². The van der Waals surface area contributed by atoms with E-state index in [1.54, 1.807) is 0 Å². The summed E-state index contributed by atoms with van der Waals surface area (Å²) in [5.41, 5.74) is -0.241. The molecule has 96 valence electrons. The Kier molecular flexibility index (Phi) is 5.77. The van der Waals surface area contributed by atoms with Crippen LogP contribution in [-0.4, -0.2) is 23.4 Å². The van der Waals surface area contributed by atoms with Crippen LogP contribution < -0.4 is 0 Å². The van der Waals surface area contributed by atoms with Crippen molar-refractivity contribution < 1.29 is 9.84 Å². The second-order valence-electron chi connectivity index (χ2n) is 5.56. The molecule has 1 saturated carbocycles. The molecule has 1 aliphatic rings. The molecule has 1 unspecified atom stereocenters. The number of hydrogen-bond donors (Lipinski definition) is 1. The topological polar surface area (TPSA) is 29.5 Å². The smallest absolute Gasteiger partial charge is 0.0940 e. The normalized spacial score (nSPS) is 23.1. The van der Waals surface area contributed by atoms with Crippen LogP contribution in [0.4, 0.5) is 0 Å². The van der Waals surface area contributed by atoms with Crippen LogP contribution in [0.25, 0.3) is 0 Å². The van der Waals surface area contributed by atoms with Crippen LogP contribution in [0.3, 0.4) is 0 Å².